The lowest BCUT2D eigenvalue weighted by molar-refractivity contribution is 0.198. The molecular weight excluding hydrogens is 318 g/mol. The van der Waals surface area contributed by atoms with Gasteiger partial charge in [-0.25, -0.2) is 0 Å². The van der Waals surface area contributed by atoms with Crippen LogP contribution in [-0.2, 0) is 11.3 Å². The van der Waals surface area contributed by atoms with Gasteiger partial charge in [0.05, 0.1) is 13.2 Å². The van der Waals surface area contributed by atoms with E-state index in [-0.39, 0.29) is 0 Å². The number of rotatable bonds is 10. The molecule has 1 aromatic rings. The molecule has 1 atom stereocenters. The standard InChI is InChI=1S/C16H26BrNO2/c1-4-5-13(2)12-20-16-7-6-15(17)10-14(16)11-18-8-9-19-3/h6-7,10,13,18H,4-5,8-9,11-12H2,1-3H3. The molecule has 1 rings (SSSR count). The zero-order valence-electron chi connectivity index (χ0n) is 12.7. The Labute approximate surface area is 131 Å². The van der Waals surface area contributed by atoms with Crippen LogP contribution in [0.2, 0.25) is 0 Å². The minimum Gasteiger partial charge on any atom is -0.493 e. The van der Waals surface area contributed by atoms with Crippen molar-refractivity contribution >= 4 is 15.9 Å². The molecule has 1 N–H and O–H groups in total. The largest absolute Gasteiger partial charge is 0.493 e. The summed E-state index contributed by atoms with van der Waals surface area (Å²) < 4.78 is 12.1. The third-order valence-electron chi connectivity index (χ3n) is 3.13. The van der Waals surface area contributed by atoms with Crippen molar-refractivity contribution in [2.24, 2.45) is 5.92 Å². The van der Waals surface area contributed by atoms with Gasteiger partial charge >= 0.3 is 0 Å². The molecule has 0 radical (unpaired) electrons. The SMILES string of the molecule is CCCC(C)COc1ccc(Br)cc1CNCCOC. The van der Waals surface area contributed by atoms with Crippen LogP contribution in [0, 0.1) is 5.92 Å². The molecule has 0 saturated heterocycles. The van der Waals surface area contributed by atoms with E-state index < -0.39 is 0 Å². The Hall–Kier alpha value is -0.580. The summed E-state index contributed by atoms with van der Waals surface area (Å²) in [6, 6.07) is 6.17. The maximum Gasteiger partial charge on any atom is 0.123 e. The van der Waals surface area contributed by atoms with Gasteiger partial charge in [-0.3, -0.25) is 0 Å². The topological polar surface area (TPSA) is 30.5 Å². The number of hydrogen-bond donors (Lipinski definition) is 1. The zero-order valence-corrected chi connectivity index (χ0v) is 14.3. The smallest absolute Gasteiger partial charge is 0.123 e. The summed E-state index contributed by atoms with van der Waals surface area (Å²) in [7, 11) is 1.71. The van der Waals surface area contributed by atoms with E-state index in [1.165, 1.54) is 18.4 Å². The second-order valence-electron chi connectivity index (χ2n) is 5.13. The van der Waals surface area contributed by atoms with Crippen LogP contribution in [0.4, 0.5) is 0 Å². The van der Waals surface area contributed by atoms with Gasteiger partial charge in [-0.2, -0.15) is 0 Å². The maximum atomic E-state index is 5.97. The highest BCUT2D eigenvalue weighted by molar-refractivity contribution is 9.10. The van der Waals surface area contributed by atoms with E-state index in [1.807, 2.05) is 12.1 Å². The number of methoxy groups -OCH3 is 1. The van der Waals surface area contributed by atoms with E-state index in [0.29, 0.717) is 5.92 Å². The molecule has 20 heavy (non-hydrogen) atoms. The van der Waals surface area contributed by atoms with E-state index in [2.05, 4.69) is 41.2 Å². The molecule has 1 unspecified atom stereocenters. The molecule has 0 aromatic heterocycles. The Balaban J connectivity index is 2.55. The van der Waals surface area contributed by atoms with Crippen molar-refractivity contribution in [2.75, 3.05) is 26.9 Å². The molecule has 0 heterocycles. The molecule has 0 aliphatic rings. The zero-order chi connectivity index (χ0) is 14.8. The Morgan fingerprint density at radius 2 is 2.15 bits per heavy atom. The quantitative estimate of drug-likeness (QED) is 0.651. The average molecular weight is 344 g/mol. The van der Waals surface area contributed by atoms with Crippen molar-refractivity contribution < 1.29 is 9.47 Å². The molecule has 1 aromatic carbocycles. The molecule has 3 nitrogen and oxygen atoms in total. The first-order valence-corrected chi connectivity index (χ1v) is 8.07. The minimum absolute atomic E-state index is 0.595. The molecule has 0 bridgehead atoms. The number of ether oxygens (including phenoxy) is 2. The van der Waals surface area contributed by atoms with Crippen molar-refractivity contribution in [1.29, 1.82) is 0 Å². The molecule has 4 heteroatoms. The van der Waals surface area contributed by atoms with Gasteiger partial charge in [-0.15, -0.1) is 0 Å². The van der Waals surface area contributed by atoms with Crippen molar-refractivity contribution in [1.82, 2.24) is 5.32 Å². The van der Waals surface area contributed by atoms with Crippen LogP contribution < -0.4 is 10.1 Å². The third-order valence-corrected chi connectivity index (χ3v) is 3.62. The average Bonchev–Trinajstić information content (AvgIpc) is 2.43. The Bertz CT molecular complexity index is 385. The van der Waals surface area contributed by atoms with E-state index in [4.69, 9.17) is 9.47 Å². The Kier molecular flexibility index (Phi) is 8.90. The van der Waals surface area contributed by atoms with Crippen LogP contribution in [0.3, 0.4) is 0 Å². The minimum atomic E-state index is 0.595. The monoisotopic (exact) mass is 343 g/mol. The molecule has 0 spiro atoms. The first kappa shape index (κ1) is 17.5. The van der Waals surface area contributed by atoms with Crippen molar-refractivity contribution in [3.8, 4) is 5.75 Å². The van der Waals surface area contributed by atoms with Crippen LogP contribution in [0.5, 0.6) is 5.75 Å². The molecule has 0 saturated carbocycles. The van der Waals surface area contributed by atoms with Gasteiger partial charge in [-0.05, 0) is 30.5 Å². The van der Waals surface area contributed by atoms with E-state index in [1.54, 1.807) is 7.11 Å². The lowest BCUT2D eigenvalue weighted by Gasteiger charge is -2.16. The number of benzene rings is 1. The van der Waals surface area contributed by atoms with Gasteiger partial charge < -0.3 is 14.8 Å². The van der Waals surface area contributed by atoms with Gasteiger partial charge in [0.25, 0.3) is 0 Å². The number of hydrogen-bond acceptors (Lipinski definition) is 3. The first-order chi connectivity index (χ1) is 9.67. The van der Waals surface area contributed by atoms with Crippen molar-refractivity contribution in [3.05, 3.63) is 28.2 Å². The van der Waals surface area contributed by atoms with Crippen LogP contribution in [0.1, 0.15) is 32.3 Å². The molecule has 0 fully saturated rings. The highest BCUT2D eigenvalue weighted by atomic mass is 79.9. The summed E-state index contributed by atoms with van der Waals surface area (Å²) in [6.45, 7) is 7.58. The molecular formula is C16H26BrNO2. The lowest BCUT2D eigenvalue weighted by Crippen LogP contribution is -2.19. The summed E-state index contributed by atoms with van der Waals surface area (Å²) in [5.41, 5.74) is 1.18. The third kappa shape index (κ3) is 6.73. The highest BCUT2D eigenvalue weighted by Gasteiger charge is 2.07. The first-order valence-electron chi connectivity index (χ1n) is 7.28. The van der Waals surface area contributed by atoms with Gasteiger partial charge in [-0.1, -0.05) is 36.2 Å². The van der Waals surface area contributed by atoms with Crippen molar-refractivity contribution in [3.63, 3.8) is 0 Å². The summed E-state index contributed by atoms with van der Waals surface area (Å²) in [5, 5.41) is 3.36. The summed E-state index contributed by atoms with van der Waals surface area (Å²) >= 11 is 3.52. The van der Waals surface area contributed by atoms with Crippen molar-refractivity contribution in [2.45, 2.75) is 33.2 Å². The molecule has 0 aliphatic carbocycles. The Morgan fingerprint density at radius 1 is 1.35 bits per heavy atom. The fraction of sp³-hybridized carbons (Fsp3) is 0.625. The van der Waals surface area contributed by atoms with Gasteiger partial charge in [0.2, 0.25) is 0 Å². The predicted molar refractivity (Wildman–Crippen MR) is 87.3 cm³/mol. The molecule has 0 amide bonds. The van der Waals surface area contributed by atoms with Crippen LogP contribution >= 0.6 is 15.9 Å². The van der Waals surface area contributed by atoms with Crippen LogP contribution in [-0.4, -0.2) is 26.9 Å². The summed E-state index contributed by atoms with van der Waals surface area (Å²) in [4.78, 5) is 0. The normalized spacial score (nSPS) is 12.4. The fourth-order valence-corrected chi connectivity index (χ4v) is 2.44. The Morgan fingerprint density at radius 3 is 2.85 bits per heavy atom. The molecule has 114 valence electrons. The second-order valence-corrected chi connectivity index (χ2v) is 6.04. The maximum absolute atomic E-state index is 5.97. The number of nitrogens with one attached hydrogen (secondary N) is 1. The number of halogens is 1. The van der Waals surface area contributed by atoms with E-state index in [9.17, 15) is 0 Å². The summed E-state index contributed by atoms with van der Waals surface area (Å²) in [5.74, 6) is 1.57. The predicted octanol–water partition coefficient (Wildman–Crippen LogP) is 4.00. The summed E-state index contributed by atoms with van der Waals surface area (Å²) in [6.07, 6.45) is 2.41. The molecule has 0 aliphatic heterocycles. The fourth-order valence-electron chi connectivity index (χ4n) is 2.03. The highest BCUT2D eigenvalue weighted by Crippen LogP contribution is 2.24. The van der Waals surface area contributed by atoms with Gasteiger partial charge in [0.1, 0.15) is 5.75 Å². The van der Waals surface area contributed by atoms with E-state index >= 15 is 0 Å². The van der Waals surface area contributed by atoms with Crippen LogP contribution in [0.25, 0.3) is 0 Å². The van der Waals surface area contributed by atoms with Crippen LogP contribution in [0.15, 0.2) is 22.7 Å². The van der Waals surface area contributed by atoms with E-state index in [0.717, 1.165) is 36.5 Å². The lowest BCUT2D eigenvalue weighted by atomic mass is 10.1. The second kappa shape index (κ2) is 10.2. The van der Waals surface area contributed by atoms with Gasteiger partial charge in [0, 0.05) is 30.2 Å². The van der Waals surface area contributed by atoms with Gasteiger partial charge in [0.15, 0.2) is 0 Å².